The molecular weight excluding hydrogens is 394 g/mol. The van der Waals surface area contributed by atoms with E-state index in [-0.39, 0.29) is 18.5 Å². The first-order valence-electron chi connectivity index (χ1n) is 10.4. The van der Waals surface area contributed by atoms with Crippen molar-refractivity contribution in [2.24, 2.45) is 0 Å². The Hall–Kier alpha value is -1.49. The number of hydrogen-bond acceptors (Lipinski definition) is 6. The maximum absolute atomic E-state index is 12.2. The van der Waals surface area contributed by atoms with Crippen LogP contribution in [0.25, 0.3) is 0 Å². The van der Waals surface area contributed by atoms with Crippen LogP contribution in [0.15, 0.2) is 12.4 Å². The molecule has 1 atom stereocenters. The standard InChI is InChI=1S/C19H33N5O4S/c1-16-12-21-22(13-16)15-19(25)20-7-9-24(17-5-10-28-11-6-17)18-4-3-8-23(14-18)29(2,26)27/h12-13,17-18H,3-11,14-15H2,1-2H3,(H,20,25). The predicted octanol–water partition coefficient (Wildman–Crippen LogP) is 0.213. The molecule has 0 bridgehead atoms. The zero-order chi connectivity index (χ0) is 20.9. The van der Waals surface area contributed by atoms with Gasteiger partial charge in [0, 0.05) is 57.7 Å². The molecule has 1 N–H and O–H groups in total. The zero-order valence-electron chi connectivity index (χ0n) is 17.4. The second-order valence-electron chi connectivity index (χ2n) is 8.06. The molecule has 164 valence electrons. The van der Waals surface area contributed by atoms with Gasteiger partial charge in [-0.05, 0) is 38.2 Å². The lowest BCUT2D eigenvalue weighted by molar-refractivity contribution is -0.122. The number of carbonyl (C=O) groups is 1. The van der Waals surface area contributed by atoms with Crippen LogP contribution >= 0.6 is 0 Å². The van der Waals surface area contributed by atoms with Gasteiger partial charge in [0.25, 0.3) is 0 Å². The largest absolute Gasteiger partial charge is 0.381 e. The minimum Gasteiger partial charge on any atom is -0.381 e. The number of sulfonamides is 1. The van der Waals surface area contributed by atoms with E-state index in [1.807, 2.05) is 13.1 Å². The molecule has 1 aromatic heterocycles. The van der Waals surface area contributed by atoms with Crippen LogP contribution in [0.1, 0.15) is 31.2 Å². The summed E-state index contributed by atoms with van der Waals surface area (Å²) >= 11 is 0. The number of aromatic nitrogens is 2. The molecular formula is C19H33N5O4S. The molecule has 0 saturated carbocycles. The van der Waals surface area contributed by atoms with Crippen LogP contribution in [0.3, 0.4) is 0 Å². The number of piperidine rings is 1. The van der Waals surface area contributed by atoms with Crippen molar-refractivity contribution in [3.05, 3.63) is 18.0 Å². The molecule has 2 saturated heterocycles. The predicted molar refractivity (Wildman–Crippen MR) is 110 cm³/mol. The topological polar surface area (TPSA) is 96.8 Å². The monoisotopic (exact) mass is 427 g/mol. The highest BCUT2D eigenvalue weighted by molar-refractivity contribution is 7.88. The van der Waals surface area contributed by atoms with Gasteiger partial charge in [-0.2, -0.15) is 5.10 Å². The van der Waals surface area contributed by atoms with Crippen LogP contribution in [-0.2, 0) is 26.1 Å². The Morgan fingerprint density at radius 2 is 2.07 bits per heavy atom. The molecule has 0 radical (unpaired) electrons. The molecule has 1 aromatic rings. The van der Waals surface area contributed by atoms with E-state index in [2.05, 4.69) is 15.3 Å². The molecule has 9 nitrogen and oxygen atoms in total. The lowest BCUT2D eigenvalue weighted by Gasteiger charge is -2.43. The molecule has 2 aliphatic rings. The summed E-state index contributed by atoms with van der Waals surface area (Å²) in [5, 5.41) is 7.13. The van der Waals surface area contributed by atoms with E-state index in [0.29, 0.717) is 32.2 Å². The van der Waals surface area contributed by atoms with Crippen LogP contribution in [-0.4, -0.2) is 91.0 Å². The number of amides is 1. The SMILES string of the molecule is Cc1cnn(CC(=O)NCCN(C2CCOCC2)C2CCCN(S(C)(=O)=O)C2)c1. The Bertz CT molecular complexity index is 775. The Balaban J connectivity index is 1.57. The summed E-state index contributed by atoms with van der Waals surface area (Å²) in [4.78, 5) is 14.6. The first kappa shape index (κ1) is 22.2. The average molecular weight is 428 g/mol. The van der Waals surface area contributed by atoms with Crippen molar-refractivity contribution in [1.82, 2.24) is 24.3 Å². The van der Waals surface area contributed by atoms with Gasteiger partial charge in [-0.25, -0.2) is 12.7 Å². The molecule has 29 heavy (non-hydrogen) atoms. The molecule has 1 unspecified atom stereocenters. The van der Waals surface area contributed by atoms with Crippen molar-refractivity contribution in [3.63, 3.8) is 0 Å². The maximum Gasteiger partial charge on any atom is 0.241 e. The summed E-state index contributed by atoms with van der Waals surface area (Å²) in [6.45, 7) is 5.97. The van der Waals surface area contributed by atoms with E-state index >= 15 is 0 Å². The number of hydrogen-bond donors (Lipinski definition) is 1. The van der Waals surface area contributed by atoms with Crippen molar-refractivity contribution in [2.75, 3.05) is 45.6 Å². The van der Waals surface area contributed by atoms with E-state index < -0.39 is 10.0 Å². The van der Waals surface area contributed by atoms with Crippen LogP contribution < -0.4 is 5.32 Å². The summed E-state index contributed by atoms with van der Waals surface area (Å²) in [6.07, 6.45) is 8.58. The number of nitrogens with one attached hydrogen (secondary N) is 1. The number of rotatable bonds is 8. The van der Waals surface area contributed by atoms with E-state index in [1.165, 1.54) is 6.26 Å². The summed E-state index contributed by atoms with van der Waals surface area (Å²) in [7, 11) is -3.19. The van der Waals surface area contributed by atoms with Gasteiger partial charge in [0.15, 0.2) is 0 Å². The first-order valence-corrected chi connectivity index (χ1v) is 12.2. The molecule has 2 aliphatic heterocycles. The minimum absolute atomic E-state index is 0.0681. The van der Waals surface area contributed by atoms with Crippen molar-refractivity contribution >= 4 is 15.9 Å². The third-order valence-electron chi connectivity index (χ3n) is 5.72. The lowest BCUT2D eigenvalue weighted by atomic mass is 9.99. The number of carbonyl (C=O) groups excluding carboxylic acids is 1. The van der Waals surface area contributed by atoms with Crippen molar-refractivity contribution in [1.29, 1.82) is 0 Å². The molecule has 3 rings (SSSR count). The van der Waals surface area contributed by atoms with Gasteiger partial charge < -0.3 is 10.1 Å². The van der Waals surface area contributed by atoms with E-state index in [0.717, 1.165) is 44.5 Å². The van der Waals surface area contributed by atoms with Gasteiger partial charge >= 0.3 is 0 Å². The second-order valence-corrected chi connectivity index (χ2v) is 10.0. The van der Waals surface area contributed by atoms with Crippen molar-refractivity contribution in [3.8, 4) is 0 Å². The third-order valence-corrected chi connectivity index (χ3v) is 6.99. The normalized spacial score (nSPS) is 22.1. The van der Waals surface area contributed by atoms with Crippen molar-refractivity contribution in [2.45, 2.75) is 51.2 Å². The highest BCUT2D eigenvalue weighted by Gasteiger charge is 2.33. The van der Waals surface area contributed by atoms with Crippen LogP contribution in [0, 0.1) is 6.92 Å². The average Bonchev–Trinajstić information content (AvgIpc) is 3.10. The van der Waals surface area contributed by atoms with Gasteiger partial charge in [-0.1, -0.05) is 0 Å². The Labute approximate surface area is 173 Å². The van der Waals surface area contributed by atoms with Gasteiger partial charge in [-0.3, -0.25) is 14.4 Å². The van der Waals surface area contributed by atoms with E-state index in [1.54, 1.807) is 15.2 Å². The Morgan fingerprint density at radius 3 is 2.72 bits per heavy atom. The molecule has 0 aromatic carbocycles. The lowest BCUT2D eigenvalue weighted by Crippen LogP contribution is -2.55. The third kappa shape index (κ3) is 6.50. The summed E-state index contributed by atoms with van der Waals surface area (Å²) in [6, 6.07) is 0.533. The van der Waals surface area contributed by atoms with Crippen LogP contribution in [0.4, 0.5) is 0 Å². The van der Waals surface area contributed by atoms with Crippen LogP contribution in [0.2, 0.25) is 0 Å². The number of aryl methyl sites for hydroxylation is 1. The zero-order valence-corrected chi connectivity index (χ0v) is 18.2. The summed E-state index contributed by atoms with van der Waals surface area (Å²) in [5.41, 5.74) is 1.02. The number of nitrogens with zero attached hydrogens (tertiary/aromatic N) is 4. The molecule has 3 heterocycles. The Kier molecular flexibility index (Phi) is 7.66. The fourth-order valence-electron chi connectivity index (χ4n) is 4.25. The van der Waals surface area contributed by atoms with Gasteiger partial charge in [0.05, 0.1) is 12.5 Å². The smallest absolute Gasteiger partial charge is 0.241 e. The second kappa shape index (κ2) is 10.0. The van der Waals surface area contributed by atoms with Gasteiger partial charge in [0.1, 0.15) is 6.54 Å². The highest BCUT2D eigenvalue weighted by atomic mass is 32.2. The quantitative estimate of drug-likeness (QED) is 0.637. The molecule has 1 amide bonds. The first-order chi connectivity index (χ1) is 13.8. The van der Waals surface area contributed by atoms with Crippen LogP contribution in [0.5, 0.6) is 0 Å². The van der Waals surface area contributed by atoms with Gasteiger partial charge in [-0.15, -0.1) is 0 Å². The minimum atomic E-state index is -3.19. The highest BCUT2D eigenvalue weighted by Crippen LogP contribution is 2.24. The number of ether oxygens (including phenoxy) is 1. The van der Waals surface area contributed by atoms with E-state index in [4.69, 9.17) is 4.74 Å². The van der Waals surface area contributed by atoms with Crippen molar-refractivity contribution < 1.29 is 17.9 Å². The van der Waals surface area contributed by atoms with Gasteiger partial charge in [0.2, 0.25) is 15.9 Å². The molecule has 10 heteroatoms. The summed E-state index contributed by atoms with van der Waals surface area (Å²) in [5.74, 6) is -0.0681. The van der Waals surface area contributed by atoms with E-state index in [9.17, 15) is 13.2 Å². The summed E-state index contributed by atoms with van der Waals surface area (Å²) < 4.78 is 32.8. The molecule has 0 aliphatic carbocycles. The molecule has 2 fully saturated rings. The fraction of sp³-hybridized carbons (Fsp3) is 0.789. The fourth-order valence-corrected chi connectivity index (χ4v) is 5.16. The Morgan fingerprint density at radius 1 is 1.31 bits per heavy atom. The molecule has 0 spiro atoms. The maximum atomic E-state index is 12.2.